The molecule has 0 heterocycles. The van der Waals surface area contributed by atoms with Gasteiger partial charge in [-0.3, -0.25) is 19.2 Å². The van der Waals surface area contributed by atoms with Crippen molar-refractivity contribution in [3.05, 3.63) is 70.3 Å². The Morgan fingerprint density at radius 1 is 0.825 bits per heavy atom. The number of likely N-dealkylation sites (N-methyl/N-ethyl adjacent to an activating group) is 2. The van der Waals surface area contributed by atoms with Gasteiger partial charge in [-0.2, -0.15) is 0 Å². The highest BCUT2D eigenvalue weighted by atomic mass is 16.6. The fourth-order valence-corrected chi connectivity index (χ4v) is 5.56. The number of nitrogens with one attached hydrogen (secondary N) is 5. The lowest BCUT2D eigenvalue weighted by Gasteiger charge is -2.32. The third kappa shape index (κ3) is 16.2. The van der Waals surface area contributed by atoms with Crippen LogP contribution >= 0.6 is 0 Å². The summed E-state index contributed by atoms with van der Waals surface area (Å²) in [6.07, 6.45) is 3.09. The number of rotatable bonds is 17. The number of carbonyl (C=O) groups excluding carboxylic acids is 6. The van der Waals surface area contributed by atoms with Gasteiger partial charge in [0.1, 0.15) is 41.7 Å². The smallest absolute Gasteiger partial charge is 0.407 e. The Labute approximate surface area is 337 Å². The molecule has 2 aromatic rings. The molecule has 15 nitrogen and oxygen atoms in total. The van der Waals surface area contributed by atoms with Gasteiger partial charge in [0.25, 0.3) is 5.91 Å². The monoisotopic (exact) mass is 794 g/mol. The third-order valence-electron chi connectivity index (χ3n) is 8.22. The normalized spacial score (nSPS) is 13.1. The van der Waals surface area contributed by atoms with Crippen molar-refractivity contribution in [3.8, 4) is 5.75 Å². The molecule has 0 aliphatic heterocycles. The van der Waals surface area contributed by atoms with Crippen LogP contribution in [-0.2, 0) is 23.9 Å². The first-order valence-electron chi connectivity index (χ1n) is 19.1. The quantitative estimate of drug-likeness (QED) is 0.136. The van der Waals surface area contributed by atoms with Crippen molar-refractivity contribution in [3.63, 3.8) is 0 Å². The van der Waals surface area contributed by atoms with Crippen LogP contribution in [0.1, 0.15) is 107 Å². The Hall–Kier alpha value is -5.60. The predicted octanol–water partition coefficient (Wildman–Crippen LogP) is 5.09. The summed E-state index contributed by atoms with van der Waals surface area (Å²) < 4.78 is 16.6. The number of aryl methyl sites for hydroxylation is 2. The largest absolute Gasteiger partial charge is 0.491 e. The first-order chi connectivity index (χ1) is 26.6. The molecule has 5 N–H and O–H groups in total. The van der Waals surface area contributed by atoms with Gasteiger partial charge < -0.3 is 45.7 Å². The average molecular weight is 795 g/mol. The van der Waals surface area contributed by atoms with Gasteiger partial charge in [0.15, 0.2) is 0 Å². The van der Waals surface area contributed by atoms with Crippen LogP contribution in [0, 0.1) is 13.8 Å². The summed E-state index contributed by atoms with van der Waals surface area (Å²) in [5, 5.41) is 13.3. The molecule has 0 bridgehead atoms. The zero-order valence-electron chi connectivity index (χ0n) is 35.5. The van der Waals surface area contributed by atoms with Crippen molar-refractivity contribution in [1.29, 1.82) is 0 Å². The highest BCUT2D eigenvalue weighted by molar-refractivity contribution is 6.00. The van der Waals surface area contributed by atoms with Crippen molar-refractivity contribution < 1.29 is 43.0 Å². The van der Waals surface area contributed by atoms with Gasteiger partial charge in [-0.1, -0.05) is 42.8 Å². The molecule has 0 saturated heterocycles. The van der Waals surface area contributed by atoms with E-state index in [0.29, 0.717) is 34.4 Å². The Balaban J connectivity index is 2.55. The summed E-state index contributed by atoms with van der Waals surface area (Å²) in [5.74, 6) is -1.80. The first-order valence-corrected chi connectivity index (χ1v) is 19.1. The van der Waals surface area contributed by atoms with Crippen molar-refractivity contribution in [2.24, 2.45) is 0 Å². The molecule has 0 unspecified atom stereocenters. The zero-order valence-corrected chi connectivity index (χ0v) is 35.5. The van der Waals surface area contributed by atoms with Gasteiger partial charge in [-0.15, -0.1) is 0 Å². The van der Waals surface area contributed by atoms with Crippen LogP contribution in [0.2, 0.25) is 0 Å². The summed E-state index contributed by atoms with van der Waals surface area (Å²) in [7, 11) is 2.88. The van der Waals surface area contributed by atoms with Gasteiger partial charge in [0.2, 0.25) is 17.7 Å². The molecule has 0 fully saturated rings. The number of benzene rings is 2. The number of carbonyl (C=O) groups is 6. The van der Waals surface area contributed by atoms with Gasteiger partial charge in [0, 0.05) is 31.8 Å². The molecule has 6 amide bonds. The summed E-state index contributed by atoms with van der Waals surface area (Å²) >= 11 is 0. The number of hydrogen-bond acceptors (Lipinski definition) is 9. The molecule has 314 valence electrons. The third-order valence-corrected chi connectivity index (χ3v) is 8.22. The molecule has 0 aliphatic rings. The minimum Gasteiger partial charge on any atom is -0.491 e. The second-order valence-corrected chi connectivity index (χ2v) is 15.6. The van der Waals surface area contributed by atoms with Crippen LogP contribution in [0.3, 0.4) is 0 Å². The van der Waals surface area contributed by atoms with Gasteiger partial charge in [0.05, 0.1) is 6.54 Å². The van der Waals surface area contributed by atoms with Crippen molar-refractivity contribution in [2.45, 2.75) is 111 Å². The summed E-state index contributed by atoms with van der Waals surface area (Å²) in [5.41, 5.74) is 1.58. The predicted molar refractivity (Wildman–Crippen MR) is 219 cm³/mol. The molecular formula is C42H62N6O9. The molecule has 0 aliphatic carbocycles. The number of nitrogens with zero attached hydrogens (tertiary/aromatic N) is 1. The van der Waals surface area contributed by atoms with Crippen LogP contribution in [0.4, 0.5) is 9.59 Å². The molecule has 0 aromatic heterocycles. The summed E-state index contributed by atoms with van der Waals surface area (Å²) in [6, 6.07) is 6.85. The van der Waals surface area contributed by atoms with Crippen LogP contribution in [0.5, 0.6) is 5.75 Å². The van der Waals surface area contributed by atoms with Crippen molar-refractivity contribution >= 4 is 41.9 Å². The van der Waals surface area contributed by atoms with E-state index in [2.05, 4.69) is 26.6 Å². The molecule has 0 radical (unpaired) electrons. The Morgan fingerprint density at radius 3 is 2.00 bits per heavy atom. The van der Waals surface area contributed by atoms with E-state index in [9.17, 15) is 28.8 Å². The fraction of sp³-hybridized carbons (Fsp3) is 0.524. The van der Waals surface area contributed by atoms with Crippen molar-refractivity contribution in [1.82, 2.24) is 31.5 Å². The van der Waals surface area contributed by atoms with Crippen LogP contribution in [0.25, 0.3) is 6.08 Å². The second-order valence-electron chi connectivity index (χ2n) is 15.6. The molecule has 0 spiro atoms. The minimum atomic E-state index is -1.29. The molecule has 2 rings (SSSR count). The van der Waals surface area contributed by atoms with E-state index in [0.717, 1.165) is 5.56 Å². The zero-order chi connectivity index (χ0) is 43.1. The highest BCUT2D eigenvalue weighted by Gasteiger charge is 2.35. The minimum absolute atomic E-state index is 0.0440. The number of hydrogen-bond donors (Lipinski definition) is 5. The average Bonchev–Trinajstić information content (AvgIpc) is 3.10. The molecule has 15 heteroatoms. The van der Waals surface area contributed by atoms with Gasteiger partial charge in [-0.05, 0) is 104 Å². The van der Waals surface area contributed by atoms with Crippen LogP contribution in [-0.4, -0.2) is 97.8 Å². The number of ether oxygens (including phenoxy) is 3. The molecule has 57 heavy (non-hydrogen) atoms. The fourth-order valence-electron chi connectivity index (χ4n) is 5.56. The topological polar surface area (TPSA) is 193 Å². The molecular weight excluding hydrogens is 732 g/mol. The van der Waals surface area contributed by atoms with E-state index in [1.165, 1.54) is 25.9 Å². The highest BCUT2D eigenvalue weighted by Crippen LogP contribution is 2.29. The van der Waals surface area contributed by atoms with Gasteiger partial charge in [-0.25, -0.2) is 9.59 Å². The van der Waals surface area contributed by atoms with Crippen LogP contribution in [0.15, 0.2) is 42.5 Å². The SMILES string of the molecule is CC/C=C/c1cc([C@@H](C(=O)N[C@@H](C)C(=O)NC)N(C)C(=O)[C@H](CCNC(=O)OC(C)(C)C)NC(=O)c2ccc(C)cc2C)ccc1OCCNC(=O)OC(C)(C)C. The lowest BCUT2D eigenvalue weighted by molar-refractivity contribution is -0.141. The number of amides is 6. The van der Waals surface area contributed by atoms with E-state index in [-0.39, 0.29) is 26.1 Å². The molecule has 3 atom stereocenters. The lowest BCUT2D eigenvalue weighted by Crippen LogP contribution is -2.53. The van der Waals surface area contributed by atoms with E-state index in [1.54, 1.807) is 78.8 Å². The Kier molecular flexibility index (Phi) is 18.0. The Morgan fingerprint density at radius 2 is 1.44 bits per heavy atom. The Bertz CT molecular complexity index is 1760. The van der Waals surface area contributed by atoms with Gasteiger partial charge >= 0.3 is 12.2 Å². The van der Waals surface area contributed by atoms with E-state index >= 15 is 0 Å². The second kappa shape index (κ2) is 21.6. The maximum absolute atomic E-state index is 14.5. The summed E-state index contributed by atoms with van der Waals surface area (Å²) in [6.45, 7) is 17.9. The lowest BCUT2D eigenvalue weighted by atomic mass is 9.99. The van der Waals surface area contributed by atoms with Crippen molar-refractivity contribution in [2.75, 3.05) is 33.8 Å². The number of alkyl carbamates (subject to hydrolysis) is 2. The van der Waals surface area contributed by atoms with E-state index in [4.69, 9.17) is 14.2 Å². The maximum Gasteiger partial charge on any atom is 0.407 e. The number of allylic oxidation sites excluding steroid dienone is 1. The molecule has 0 saturated carbocycles. The van der Waals surface area contributed by atoms with E-state index in [1.807, 2.05) is 32.1 Å². The maximum atomic E-state index is 14.5. The van der Waals surface area contributed by atoms with Crippen LogP contribution < -0.4 is 31.3 Å². The summed E-state index contributed by atoms with van der Waals surface area (Å²) in [4.78, 5) is 80.6. The molecule has 2 aromatic carbocycles. The van der Waals surface area contributed by atoms with E-state index < -0.39 is 65.1 Å². The standard InChI is InChI=1S/C42H62N6O9/c1-13-14-15-29-25-30(17-19-33(29)55-23-22-45-40(54)57-42(8,9)10)34(37(51)46-28(4)35(49)43-11)48(12)38(52)32(20-21-44-39(53)56-41(5,6)7)47-36(50)31-18-16-26(2)24-27(31)3/h14-19,24-25,28,32,34H,13,20-23H2,1-12H3,(H,43,49)(H,44,53)(H,45,54)(H,46,51)(H,47,50)/b15-14+/t28-,32-,34-/m0/s1. The first kappa shape index (κ1) is 47.6.